The highest BCUT2D eigenvalue weighted by atomic mass is 16.6. The molecule has 2 saturated heterocycles. The van der Waals surface area contributed by atoms with Crippen molar-refractivity contribution < 1.29 is 18.9 Å². The molecule has 0 spiro atoms. The monoisotopic (exact) mass is 436 g/mol. The third-order valence-electron chi connectivity index (χ3n) is 6.81. The lowest BCUT2D eigenvalue weighted by molar-refractivity contribution is -0.0312. The molecule has 0 radical (unpaired) electrons. The molecule has 1 aromatic carbocycles. The Kier molecular flexibility index (Phi) is 6.75. The minimum Gasteiger partial charge on any atom is -0.490 e. The average Bonchev–Trinajstić information content (AvgIpc) is 3.68. The molecule has 3 aliphatic rings. The van der Waals surface area contributed by atoms with E-state index in [1.807, 2.05) is 12.2 Å². The van der Waals surface area contributed by atoms with Gasteiger partial charge in [0.1, 0.15) is 24.6 Å². The molecule has 0 amide bonds. The number of hydrogen-bond acceptors (Lipinski definition) is 4. The van der Waals surface area contributed by atoms with Gasteiger partial charge in [0, 0.05) is 11.3 Å². The van der Waals surface area contributed by atoms with Crippen molar-refractivity contribution in [2.24, 2.45) is 5.92 Å². The highest BCUT2D eigenvalue weighted by molar-refractivity contribution is 5.48. The van der Waals surface area contributed by atoms with E-state index in [0.29, 0.717) is 13.2 Å². The molecule has 0 saturated carbocycles. The van der Waals surface area contributed by atoms with Crippen molar-refractivity contribution in [1.29, 1.82) is 0 Å². The summed E-state index contributed by atoms with van der Waals surface area (Å²) in [5.41, 5.74) is 3.19. The fourth-order valence-electron chi connectivity index (χ4n) is 4.24. The van der Waals surface area contributed by atoms with Gasteiger partial charge in [-0.25, -0.2) is 0 Å². The van der Waals surface area contributed by atoms with E-state index < -0.39 is 0 Å². The zero-order chi connectivity index (χ0) is 22.8. The normalized spacial score (nSPS) is 28.7. The molecule has 4 rings (SSSR count). The minimum absolute atomic E-state index is 0.162. The van der Waals surface area contributed by atoms with E-state index >= 15 is 0 Å². The van der Waals surface area contributed by atoms with Gasteiger partial charge in [0.2, 0.25) is 0 Å². The molecule has 4 heteroatoms. The van der Waals surface area contributed by atoms with Gasteiger partial charge in [-0.15, -0.1) is 13.2 Å². The first kappa shape index (κ1) is 23.0. The molecule has 2 aliphatic heterocycles. The number of epoxide rings is 2. The van der Waals surface area contributed by atoms with E-state index in [-0.39, 0.29) is 29.1 Å². The van der Waals surface area contributed by atoms with Crippen LogP contribution in [0.25, 0.3) is 0 Å². The van der Waals surface area contributed by atoms with Gasteiger partial charge in [0.25, 0.3) is 0 Å². The zero-order valence-corrected chi connectivity index (χ0v) is 19.6. The SMILES string of the molecule is C=CCc1cc(C(C)(C)C2=CC(CC=C)C(C)(OCC3CO3)C=C2)ccc1OCC1CO1. The maximum Gasteiger partial charge on any atom is 0.122 e. The molecule has 1 aromatic rings. The summed E-state index contributed by atoms with van der Waals surface area (Å²) in [6, 6.07) is 6.54. The smallest absolute Gasteiger partial charge is 0.122 e. The maximum atomic E-state index is 6.30. The van der Waals surface area contributed by atoms with Crippen LogP contribution in [-0.2, 0) is 26.0 Å². The fourth-order valence-corrected chi connectivity index (χ4v) is 4.24. The summed E-state index contributed by atoms with van der Waals surface area (Å²) in [6.07, 6.45) is 12.9. The average molecular weight is 437 g/mol. The van der Waals surface area contributed by atoms with Gasteiger partial charge in [-0.3, -0.25) is 0 Å². The predicted molar refractivity (Wildman–Crippen MR) is 128 cm³/mol. The first-order valence-corrected chi connectivity index (χ1v) is 11.6. The van der Waals surface area contributed by atoms with Crippen LogP contribution in [-0.4, -0.2) is 44.2 Å². The van der Waals surface area contributed by atoms with Crippen LogP contribution in [0.5, 0.6) is 5.75 Å². The number of benzene rings is 1. The van der Waals surface area contributed by atoms with Crippen LogP contribution in [0.2, 0.25) is 0 Å². The molecule has 4 nitrogen and oxygen atoms in total. The molecule has 2 fully saturated rings. The molecule has 4 unspecified atom stereocenters. The Morgan fingerprint density at radius 3 is 2.50 bits per heavy atom. The Hall–Kier alpha value is -2.14. The largest absolute Gasteiger partial charge is 0.490 e. The number of ether oxygens (including phenoxy) is 4. The number of rotatable bonds is 12. The van der Waals surface area contributed by atoms with Gasteiger partial charge < -0.3 is 18.9 Å². The Labute approximate surface area is 192 Å². The van der Waals surface area contributed by atoms with Crippen molar-refractivity contribution in [3.63, 3.8) is 0 Å². The molecule has 0 bridgehead atoms. The second-order valence-electron chi connectivity index (χ2n) is 9.74. The van der Waals surface area contributed by atoms with Crippen molar-refractivity contribution in [3.05, 3.63) is 78.4 Å². The maximum absolute atomic E-state index is 6.30. The molecule has 0 N–H and O–H groups in total. The Morgan fingerprint density at radius 1 is 1.12 bits per heavy atom. The molecular formula is C28H36O4. The van der Waals surface area contributed by atoms with Crippen molar-refractivity contribution >= 4 is 0 Å². The van der Waals surface area contributed by atoms with Crippen LogP contribution >= 0.6 is 0 Å². The highest BCUT2D eigenvalue weighted by Crippen LogP contribution is 2.42. The van der Waals surface area contributed by atoms with Crippen LogP contribution in [0.1, 0.15) is 38.3 Å². The van der Waals surface area contributed by atoms with Gasteiger partial charge in [0.15, 0.2) is 0 Å². The van der Waals surface area contributed by atoms with E-state index in [0.717, 1.165) is 37.4 Å². The lowest BCUT2D eigenvalue weighted by Gasteiger charge is -2.39. The number of allylic oxidation sites excluding steroid dienone is 4. The summed E-state index contributed by atoms with van der Waals surface area (Å²) >= 11 is 0. The summed E-state index contributed by atoms with van der Waals surface area (Å²) in [5, 5.41) is 0. The summed E-state index contributed by atoms with van der Waals surface area (Å²) in [4.78, 5) is 0. The van der Waals surface area contributed by atoms with Gasteiger partial charge >= 0.3 is 0 Å². The Morgan fingerprint density at radius 2 is 1.84 bits per heavy atom. The summed E-state index contributed by atoms with van der Waals surface area (Å²) < 4.78 is 22.9. The van der Waals surface area contributed by atoms with Crippen molar-refractivity contribution in [3.8, 4) is 5.75 Å². The van der Waals surface area contributed by atoms with Crippen molar-refractivity contribution in [1.82, 2.24) is 0 Å². The lowest BCUT2D eigenvalue weighted by atomic mass is 9.70. The van der Waals surface area contributed by atoms with Crippen LogP contribution in [0.4, 0.5) is 0 Å². The molecule has 32 heavy (non-hydrogen) atoms. The molecule has 1 aliphatic carbocycles. The predicted octanol–water partition coefficient (Wildman–Crippen LogP) is 5.33. The van der Waals surface area contributed by atoms with Crippen molar-refractivity contribution in [2.45, 2.75) is 56.8 Å². The zero-order valence-electron chi connectivity index (χ0n) is 19.6. The summed E-state index contributed by atoms with van der Waals surface area (Å²) in [7, 11) is 0. The third-order valence-corrected chi connectivity index (χ3v) is 6.81. The molecule has 4 atom stereocenters. The van der Waals surface area contributed by atoms with Gasteiger partial charge in [-0.05, 0) is 42.5 Å². The first-order chi connectivity index (χ1) is 15.4. The van der Waals surface area contributed by atoms with Crippen LogP contribution in [0.3, 0.4) is 0 Å². The van der Waals surface area contributed by atoms with E-state index in [1.165, 1.54) is 11.1 Å². The highest BCUT2D eigenvalue weighted by Gasteiger charge is 2.38. The second kappa shape index (κ2) is 9.38. The van der Waals surface area contributed by atoms with E-state index in [2.05, 4.69) is 70.4 Å². The second-order valence-corrected chi connectivity index (χ2v) is 9.74. The molecule has 172 valence electrons. The standard InChI is InChI=1S/C28H36O4/c1-6-8-20-14-21(10-11-26(20)31-18-24-16-29-24)27(3,4)22-12-13-28(5,23(15-22)9-7-2)32-19-25-17-30-25/h6-7,10-15,23-25H,1-2,8-9,16-19H2,3-5H3. The summed E-state index contributed by atoms with van der Waals surface area (Å²) in [6.45, 7) is 17.5. The summed E-state index contributed by atoms with van der Waals surface area (Å²) in [5.74, 6) is 1.15. The Bertz CT molecular complexity index is 904. The fraction of sp³-hybridized carbons (Fsp3) is 0.500. The number of hydrogen-bond donors (Lipinski definition) is 0. The van der Waals surface area contributed by atoms with Gasteiger partial charge in [0.05, 0.1) is 25.4 Å². The van der Waals surface area contributed by atoms with Crippen LogP contribution in [0.15, 0.2) is 67.3 Å². The molecular weight excluding hydrogens is 400 g/mol. The third kappa shape index (κ3) is 5.25. The minimum atomic E-state index is -0.351. The van der Waals surface area contributed by atoms with Crippen molar-refractivity contribution in [2.75, 3.05) is 26.4 Å². The van der Waals surface area contributed by atoms with Gasteiger partial charge in [-0.2, -0.15) is 0 Å². The van der Waals surface area contributed by atoms with E-state index in [9.17, 15) is 0 Å². The van der Waals surface area contributed by atoms with Crippen LogP contribution in [0, 0.1) is 5.92 Å². The van der Waals surface area contributed by atoms with E-state index in [1.54, 1.807) is 0 Å². The quantitative estimate of drug-likeness (QED) is 0.328. The van der Waals surface area contributed by atoms with E-state index in [4.69, 9.17) is 18.9 Å². The molecule has 0 aromatic heterocycles. The first-order valence-electron chi connectivity index (χ1n) is 11.6. The molecule has 2 heterocycles. The topological polar surface area (TPSA) is 43.5 Å². The lowest BCUT2D eigenvalue weighted by Crippen LogP contribution is -2.39. The van der Waals surface area contributed by atoms with Gasteiger partial charge in [-0.1, -0.05) is 56.4 Å². The Balaban J connectivity index is 1.56. The van der Waals surface area contributed by atoms with Crippen LogP contribution < -0.4 is 4.74 Å².